The maximum atomic E-state index is 15.1. The lowest BCUT2D eigenvalue weighted by Gasteiger charge is -2.32. The molecule has 0 spiro atoms. The van der Waals surface area contributed by atoms with E-state index < -0.39 is 57.1 Å². The molecule has 0 saturated carbocycles. The maximum Gasteiger partial charge on any atom is 0.421 e. The number of methoxy groups -OCH3 is 1. The highest BCUT2D eigenvalue weighted by atomic mass is 32.2. The summed E-state index contributed by atoms with van der Waals surface area (Å²) in [6, 6.07) is 6.02. The molecule has 3 N–H and O–H groups in total. The average molecular weight is 672 g/mol. The predicted molar refractivity (Wildman–Crippen MR) is 163 cm³/mol. The van der Waals surface area contributed by atoms with Gasteiger partial charge in [0.25, 0.3) is 5.91 Å². The van der Waals surface area contributed by atoms with Crippen molar-refractivity contribution in [2.45, 2.75) is 38.3 Å². The number of hydrogen-bond acceptors (Lipinski definition) is 9. The van der Waals surface area contributed by atoms with Crippen LogP contribution in [0.1, 0.15) is 33.5 Å². The summed E-state index contributed by atoms with van der Waals surface area (Å²) in [7, 11) is 0.640. The number of amides is 1. The second-order valence-electron chi connectivity index (χ2n) is 11.0. The first kappa shape index (κ1) is 34.6. The van der Waals surface area contributed by atoms with Crippen LogP contribution in [-0.4, -0.2) is 82.0 Å². The second-order valence-corrected chi connectivity index (χ2v) is 13.0. The van der Waals surface area contributed by atoms with Crippen LogP contribution in [0.15, 0.2) is 36.5 Å². The molecule has 0 bridgehead atoms. The molecule has 46 heavy (non-hydrogen) atoms. The normalized spacial score (nSPS) is 17.3. The van der Waals surface area contributed by atoms with E-state index in [2.05, 4.69) is 25.9 Å². The van der Waals surface area contributed by atoms with Crippen LogP contribution in [-0.2, 0) is 22.7 Å². The molecule has 4 rings (SSSR count). The molecule has 1 aromatic heterocycles. The number of hydrogen-bond donors (Lipinski definition) is 3. The first-order valence-electron chi connectivity index (χ1n) is 14.0. The number of nitrogens with zero attached hydrogens (tertiary/aromatic N) is 4. The number of aryl methyl sites for hydroxylation is 1. The topological polar surface area (TPSA) is 129 Å². The largest absolute Gasteiger partial charge is 0.495 e. The molecule has 2 atom stereocenters. The molecule has 1 aliphatic heterocycles. The van der Waals surface area contributed by atoms with Gasteiger partial charge in [0.1, 0.15) is 29.1 Å². The number of carbonyl (C=O) groups excluding carboxylic acids is 1. The number of likely N-dealkylation sites (tertiary alicyclic amines) is 1. The number of nitrogens with one attached hydrogen (secondary N) is 3. The number of sulfonamides is 1. The van der Waals surface area contributed by atoms with Gasteiger partial charge in [0, 0.05) is 38.9 Å². The van der Waals surface area contributed by atoms with E-state index in [1.54, 1.807) is 37.1 Å². The van der Waals surface area contributed by atoms with E-state index in [-0.39, 0.29) is 36.2 Å². The van der Waals surface area contributed by atoms with Gasteiger partial charge in [0.05, 0.1) is 36.3 Å². The van der Waals surface area contributed by atoms with Crippen molar-refractivity contribution in [2.24, 2.45) is 0 Å². The summed E-state index contributed by atoms with van der Waals surface area (Å²) in [6.45, 7) is 2.17. The van der Waals surface area contributed by atoms with Crippen LogP contribution in [0.25, 0.3) is 0 Å². The van der Waals surface area contributed by atoms with Crippen molar-refractivity contribution in [3.8, 4) is 5.75 Å². The highest BCUT2D eigenvalue weighted by Gasteiger charge is 2.36. The minimum Gasteiger partial charge on any atom is -0.495 e. The molecule has 1 aliphatic rings. The molecule has 3 aromatic rings. The number of halogens is 5. The molecule has 2 heterocycles. The summed E-state index contributed by atoms with van der Waals surface area (Å²) in [6.07, 6.45) is -4.32. The molecular weight excluding hydrogens is 637 g/mol. The molecular formula is C29H34F5N7O4S. The Hall–Kier alpha value is -4.25. The molecule has 11 nitrogen and oxygen atoms in total. The fourth-order valence-corrected chi connectivity index (χ4v) is 5.37. The first-order chi connectivity index (χ1) is 21.5. The monoisotopic (exact) mass is 671 g/mol. The molecule has 1 amide bonds. The minimum absolute atomic E-state index is 0.0576. The Labute approximate surface area is 263 Å². The molecule has 250 valence electrons. The lowest BCUT2D eigenvalue weighted by molar-refractivity contribution is -0.137. The van der Waals surface area contributed by atoms with Crippen LogP contribution in [0.3, 0.4) is 0 Å². The zero-order valence-corrected chi connectivity index (χ0v) is 26.5. The van der Waals surface area contributed by atoms with E-state index in [1.165, 1.54) is 14.2 Å². The summed E-state index contributed by atoms with van der Waals surface area (Å²) < 4.78 is 102. The first-order valence-corrected chi connectivity index (χ1v) is 15.8. The van der Waals surface area contributed by atoms with Crippen LogP contribution in [0.5, 0.6) is 5.75 Å². The number of anilines is 4. The number of benzene rings is 2. The molecule has 0 unspecified atom stereocenters. The van der Waals surface area contributed by atoms with Gasteiger partial charge >= 0.3 is 6.18 Å². The molecule has 0 radical (unpaired) electrons. The van der Waals surface area contributed by atoms with Gasteiger partial charge < -0.3 is 25.6 Å². The van der Waals surface area contributed by atoms with E-state index in [1.807, 2.05) is 0 Å². The number of rotatable bonds is 10. The van der Waals surface area contributed by atoms with E-state index in [4.69, 9.17) is 4.74 Å². The molecule has 2 aromatic carbocycles. The fourth-order valence-electron chi connectivity index (χ4n) is 4.84. The zero-order valence-electron chi connectivity index (χ0n) is 25.7. The Morgan fingerprint density at radius 1 is 1.22 bits per heavy atom. The summed E-state index contributed by atoms with van der Waals surface area (Å²) in [5.41, 5.74) is -0.349. The van der Waals surface area contributed by atoms with Crippen LogP contribution in [0.4, 0.5) is 45.1 Å². The van der Waals surface area contributed by atoms with Crippen molar-refractivity contribution in [1.29, 1.82) is 0 Å². The van der Waals surface area contributed by atoms with Gasteiger partial charge in [0.15, 0.2) is 0 Å². The third kappa shape index (κ3) is 8.12. The number of piperidine rings is 1. The zero-order chi connectivity index (χ0) is 34.0. The van der Waals surface area contributed by atoms with Gasteiger partial charge in [-0.3, -0.25) is 9.10 Å². The average Bonchev–Trinajstić information content (AvgIpc) is 2.96. The maximum absolute atomic E-state index is 15.1. The third-order valence-electron chi connectivity index (χ3n) is 7.46. The van der Waals surface area contributed by atoms with Crippen LogP contribution >= 0.6 is 0 Å². The Balaban J connectivity index is 1.60. The van der Waals surface area contributed by atoms with Crippen molar-refractivity contribution in [1.82, 2.24) is 20.2 Å². The van der Waals surface area contributed by atoms with Crippen LogP contribution in [0, 0.1) is 12.7 Å². The lowest BCUT2D eigenvalue weighted by Crippen LogP contribution is -2.51. The van der Waals surface area contributed by atoms with E-state index in [0.717, 1.165) is 28.3 Å². The molecule has 1 saturated heterocycles. The predicted octanol–water partition coefficient (Wildman–Crippen LogP) is 4.48. The Morgan fingerprint density at radius 3 is 2.57 bits per heavy atom. The minimum atomic E-state index is -4.86. The third-order valence-corrected chi connectivity index (χ3v) is 8.65. The number of aromatic nitrogens is 2. The SMILES string of the molecule is COc1cc(C(=O)N[C@H]2CCN(C)C[C@@H]2F)c(F)cc1Nc1ncc(C(F)(F)F)c(NCc2ccc(C)cc2N(C)S(C)(=O)=O)n1. The summed E-state index contributed by atoms with van der Waals surface area (Å²) in [5, 5.41) is 7.74. The number of carbonyl (C=O) groups is 1. The van der Waals surface area contributed by atoms with Crippen molar-refractivity contribution >= 4 is 39.1 Å². The van der Waals surface area contributed by atoms with E-state index >= 15 is 4.39 Å². The van der Waals surface area contributed by atoms with Crippen LogP contribution in [0.2, 0.25) is 0 Å². The Bertz CT molecular complexity index is 1710. The number of alkyl halides is 4. The second kappa shape index (κ2) is 13.6. The summed E-state index contributed by atoms with van der Waals surface area (Å²) in [4.78, 5) is 22.3. The Morgan fingerprint density at radius 2 is 1.93 bits per heavy atom. The van der Waals surface area contributed by atoms with Crippen molar-refractivity contribution in [3.63, 3.8) is 0 Å². The smallest absolute Gasteiger partial charge is 0.421 e. The van der Waals surface area contributed by atoms with Gasteiger partial charge in [-0.2, -0.15) is 18.2 Å². The molecule has 1 fully saturated rings. The lowest BCUT2D eigenvalue weighted by atomic mass is 10.0. The quantitative estimate of drug-likeness (QED) is 0.268. The Kier molecular flexibility index (Phi) is 10.3. The van der Waals surface area contributed by atoms with Gasteiger partial charge in [-0.15, -0.1) is 0 Å². The van der Waals surface area contributed by atoms with Crippen molar-refractivity contribution < 1.29 is 39.9 Å². The van der Waals surface area contributed by atoms with Crippen LogP contribution < -0.4 is 25.0 Å². The summed E-state index contributed by atoms with van der Waals surface area (Å²) in [5.74, 6) is -2.91. The van der Waals surface area contributed by atoms with E-state index in [0.29, 0.717) is 24.7 Å². The highest BCUT2D eigenvalue weighted by molar-refractivity contribution is 7.92. The molecule has 17 heteroatoms. The van der Waals surface area contributed by atoms with Gasteiger partial charge in [-0.1, -0.05) is 12.1 Å². The standard InChI is InChI=1S/C29H34F5N7O4S/c1-16-6-7-17(24(10-16)41(3)46(5,43)44)13-35-26-19(29(32,33)34)14-36-28(39-26)38-23-12-20(30)18(11-25(23)45-4)27(42)37-22-8-9-40(2)15-21(22)31/h6-7,10-12,14,21-22H,8-9,13,15H2,1-5H3,(H,37,42)(H2,35,36,38,39)/t21-,22-/m0/s1. The van der Waals surface area contributed by atoms with Gasteiger partial charge in [-0.25, -0.2) is 22.2 Å². The molecule has 0 aliphatic carbocycles. The van der Waals surface area contributed by atoms with Gasteiger partial charge in [0.2, 0.25) is 16.0 Å². The summed E-state index contributed by atoms with van der Waals surface area (Å²) >= 11 is 0. The number of ether oxygens (including phenoxy) is 1. The highest BCUT2D eigenvalue weighted by Crippen LogP contribution is 2.36. The van der Waals surface area contributed by atoms with E-state index in [9.17, 15) is 30.8 Å². The van der Waals surface area contributed by atoms with Gasteiger partial charge in [-0.05, 0) is 43.7 Å². The fraction of sp³-hybridized carbons (Fsp3) is 0.414. The van der Waals surface area contributed by atoms with Crippen molar-refractivity contribution in [2.75, 3.05) is 55.5 Å². The van der Waals surface area contributed by atoms with Crippen molar-refractivity contribution in [3.05, 3.63) is 64.6 Å².